The van der Waals surface area contributed by atoms with Crippen molar-refractivity contribution in [2.75, 3.05) is 26.9 Å². The van der Waals surface area contributed by atoms with Crippen LogP contribution in [0.15, 0.2) is 0 Å². The van der Waals surface area contributed by atoms with Crippen LogP contribution in [0.1, 0.15) is 13.8 Å². The molecule has 2 fully saturated rings. The first-order valence-corrected chi connectivity index (χ1v) is 5.14. The number of morpholine rings is 1. The number of carbonyl (C=O) groups excluding carboxylic acids is 1. The first-order chi connectivity index (χ1) is 7.03. The Balaban J connectivity index is 2.16. The first-order valence-electron chi connectivity index (χ1n) is 5.14. The summed E-state index contributed by atoms with van der Waals surface area (Å²) < 4.78 is 16.0. The van der Waals surface area contributed by atoms with Crippen molar-refractivity contribution >= 4 is 6.09 Å². The molecule has 0 N–H and O–H groups in total. The molecule has 0 aromatic carbocycles. The highest BCUT2D eigenvalue weighted by Crippen LogP contribution is 2.29. The van der Waals surface area contributed by atoms with Gasteiger partial charge in [-0.05, 0) is 13.8 Å². The van der Waals surface area contributed by atoms with E-state index in [2.05, 4.69) is 0 Å². The number of carbonyl (C=O) groups is 1. The van der Waals surface area contributed by atoms with E-state index in [0.717, 1.165) is 0 Å². The lowest BCUT2D eigenvalue weighted by Gasteiger charge is -2.44. The van der Waals surface area contributed by atoms with Crippen LogP contribution < -0.4 is 0 Å². The highest BCUT2D eigenvalue weighted by atomic mass is 16.6. The Bertz CT molecular complexity index is 266. The second kappa shape index (κ2) is 3.64. The molecule has 0 aromatic heterocycles. The van der Waals surface area contributed by atoms with Gasteiger partial charge in [0.1, 0.15) is 6.10 Å². The zero-order valence-corrected chi connectivity index (χ0v) is 9.36. The lowest BCUT2D eigenvalue weighted by atomic mass is 10.0. The number of fused-ring (bicyclic) bond motifs is 1. The summed E-state index contributed by atoms with van der Waals surface area (Å²) in [6.07, 6.45) is -0.320. The number of hydrogen-bond acceptors (Lipinski definition) is 4. The van der Waals surface area contributed by atoms with E-state index in [1.54, 1.807) is 4.90 Å². The smallest absolute Gasteiger partial charge is 0.410 e. The Labute approximate surface area is 89.3 Å². The van der Waals surface area contributed by atoms with Crippen LogP contribution >= 0.6 is 0 Å². The molecule has 2 rings (SSSR count). The maximum atomic E-state index is 11.6. The SMILES string of the molecule is COC(=O)N1CC(C)(C)O[C@@H]2COC[C@H]21. The minimum absolute atomic E-state index is 0.00507. The molecule has 0 aromatic rings. The molecule has 0 spiro atoms. The minimum Gasteiger partial charge on any atom is -0.453 e. The molecular formula is C10H17NO4. The van der Waals surface area contributed by atoms with Gasteiger partial charge in [-0.25, -0.2) is 4.79 Å². The third-order valence-corrected chi connectivity index (χ3v) is 2.83. The molecule has 86 valence electrons. The normalized spacial score (nSPS) is 33.7. The molecule has 0 aliphatic carbocycles. The third kappa shape index (κ3) is 1.94. The summed E-state index contributed by atoms with van der Waals surface area (Å²) in [5.41, 5.74) is -0.330. The van der Waals surface area contributed by atoms with Crippen LogP contribution in [0.3, 0.4) is 0 Å². The average Bonchev–Trinajstić information content (AvgIpc) is 2.61. The average molecular weight is 215 g/mol. The summed E-state index contributed by atoms with van der Waals surface area (Å²) in [4.78, 5) is 13.3. The van der Waals surface area contributed by atoms with E-state index in [9.17, 15) is 4.79 Å². The van der Waals surface area contributed by atoms with Crippen molar-refractivity contribution in [1.82, 2.24) is 4.90 Å². The van der Waals surface area contributed by atoms with Crippen molar-refractivity contribution in [3.8, 4) is 0 Å². The molecule has 2 heterocycles. The Morgan fingerprint density at radius 2 is 2.20 bits per heavy atom. The molecule has 5 nitrogen and oxygen atoms in total. The maximum Gasteiger partial charge on any atom is 0.410 e. The molecule has 0 saturated carbocycles. The zero-order chi connectivity index (χ0) is 11.1. The standard InChI is InChI=1S/C10H17NO4/c1-10(2)6-11(9(12)13-3)7-4-14-5-8(7)15-10/h7-8H,4-6H2,1-3H3/t7-,8-/m1/s1. The van der Waals surface area contributed by atoms with Gasteiger partial charge < -0.3 is 14.2 Å². The van der Waals surface area contributed by atoms with Crippen LogP contribution in [-0.2, 0) is 14.2 Å². The lowest BCUT2D eigenvalue weighted by molar-refractivity contribution is -0.140. The highest BCUT2D eigenvalue weighted by Gasteiger charge is 2.46. The van der Waals surface area contributed by atoms with Crippen molar-refractivity contribution in [2.24, 2.45) is 0 Å². The number of nitrogens with zero attached hydrogens (tertiary/aromatic N) is 1. The fourth-order valence-electron chi connectivity index (χ4n) is 2.22. The van der Waals surface area contributed by atoms with Gasteiger partial charge in [0.25, 0.3) is 0 Å². The zero-order valence-electron chi connectivity index (χ0n) is 9.36. The molecule has 2 aliphatic rings. The molecule has 15 heavy (non-hydrogen) atoms. The van der Waals surface area contributed by atoms with Gasteiger partial charge in [0, 0.05) is 0 Å². The second-order valence-electron chi connectivity index (χ2n) is 4.62. The summed E-state index contributed by atoms with van der Waals surface area (Å²) in [6, 6.07) is 0.00507. The summed E-state index contributed by atoms with van der Waals surface area (Å²) in [6.45, 7) is 5.58. The van der Waals surface area contributed by atoms with Crippen molar-refractivity contribution in [3.05, 3.63) is 0 Å². The van der Waals surface area contributed by atoms with E-state index in [4.69, 9.17) is 14.2 Å². The van der Waals surface area contributed by atoms with Gasteiger partial charge in [-0.1, -0.05) is 0 Å². The second-order valence-corrected chi connectivity index (χ2v) is 4.62. The Morgan fingerprint density at radius 3 is 2.87 bits per heavy atom. The summed E-state index contributed by atoms with van der Waals surface area (Å²) >= 11 is 0. The van der Waals surface area contributed by atoms with Gasteiger partial charge >= 0.3 is 6.09 Å². The van der Waals surface area contributed by atoms with Gasteiger partial charge in [-0.15, -0.1) is 0 Å². The molecule has 1 amide bonds. The number of amides is 1. The monoisotopic (exact) mass is 215 g/mol. The molecule has 2 atom stereocenters. The largest absolute Gasteiger partial charge is 0.453 e. The first kappa shape index (κ1) is 10.7. The van der Waals surface area contributed by atoms with Crippen molar-refractivity contribution in [1.29, 1.82) is 0 Å². The maximum absolute atomic E-state index is 11.6. The Hall–Kier alpha value is -0.810. The highest BCUT2D eigenvalue weighted by molar-refractivity contribution is 5.68. The van der Waals surface area contributed by atoms with Crippen molar-refractivity contribution in [2.45, 2.75) is 31.6 Å². The van der Waals surface area contributed by atoms with Gasteiger partial charge in [0.05, 0.1) is 38.5 Å². The van der Waals surface area contributed by atoms with E-state index in [1.807, 2.05) is 13.8 Å². The summed E-state index contributed by atoms with van der Waals surface area (Å²) in [5, 5.41) is 0. The van der Waals surface area contributed by atoms with Crippen molar-refractivity contribution in [3.63, 3.8) is 0 Å². The van der Waals surface area contributed by atoms with E-state index in [0.29, 0.717) is 19.8 Å². The van der Waals surface area contributed by atoms with Crippen LogP contribution in [-0.4, -0.2) is 55.6 Å². The predicted octanol–water partition coefficient (Wildman–Crippen LogP) is 0.631. The fraction of sp³-hybridized carbons (Fsp3) is 0.900. The lowest BCUT2D eigenvalue weighted by Crippen LogP contribution is -2.60. The topological polar surface area (TPSA) is 48.0 Å². The van der Waals surface area contributed by atoms with Crippen LogP contribution in [0.4, 0.5) is 4.79 Å². The molecule has 2 aliphatic heterocycles. The van der Waals surface area contributed by atoms with Crippen LogP contribution in [0.2, 0.25) is 0 Å². The molecule has 2 saturated heterocycles. The van der Waals surface area contributed by atoms with Crippen LogP contribution in [0.25, 0.3) is 0 Å². The van der Waals surface area contributed by atoms with Crippen molar-refractivity contribution < 1.29 is 19.0 Å². The number of hydrogen-bond donors (Lipinski definition) is 0. The Kier molecular flexibility index (Phi) is 2.60. The van der Waals surface area contributed by atoms with Crippen LogP contribution in [0, 0.1) is 0 Å². The quantitative estimate of drug-likeness (QED) is 0.594. The van der Waals surface area contributed by atoms with Gasteiger partial charge in [0.2, 0.25) is 0 Å². The molecule has 0 bridgehead atoms. The Morgan fingerprint density at radius 1 is 1.47 bits per heavy atom. The predicted molar refractivity (Wildman–Crippen MR) is 52.7 cm³/mol. The molecule has 5 heteroatoms. The molecular weight excluding hydrogens is 198 g/mol. The number of ether oxygens (including phenoxy) is 3. The molecule has 0 unspecified atom stereocenters. The van der Waals surface area contributed by atoms with Gasteiger partial charge in [-0.3, -0.25) is 4.90 Å². The summed E-state index contributed by atoms with van der Waals surface area (Å²) in [7, 11) is 1.40. The fourth-order valence-corrected chi connectivity index (χ4v) is 2.22. The number of rotatable bonds is 0. The van der Waals surface area contributed by atoms with E-state index < -0.39 is 0 Å². The summed E-state index contributed by atoms with van der Waals surface area (Å²) in [5.74, 6) is 0. The van der Waals surface area contributed by atoms with E-state index in [-0.39, 0.29) is 23.8 Å². The molecule has 0 radical (unpaired) electrons. The van der Waals surface area contributed by atoms with Gasteiger partial charge in [0.15, 0.2) is 0 Å². The van der Waals surface area contributed by atoms with E-state index in [1.165, 1.54) is 7.11 Å². The van der Waals surface area contributed by atoms with E-state index >= 15 is 0 Å². The minimum atomic E-state index is -0.330. The number of methoxy groups -OCH3 is 1. The van der Waals surface area contributed by atoms with Gasteiger partial charge in [-0.2, -0.15) is 0 Å². The third-order valence-electron chi connectivity index (χ3n) is 2.83. The van der Waals surface area contributed by atoms with Crippen LogP contribution in [0.5, 0.6) is 0 Å².